The van der Waals surface area contributed by atoms with Gasteiger partial charge in [0.1, 0.15) is 0 Å². The molecule has 0 saturated carbocycles. The van der Waals surface area contributed by atoms with Crippen LogP contribution < -0.4 is 9.80 Å². The topological polar surface area (TPSA) is 6.48 Å². The summed E-state index contributed by atoms with van der Waals surface area (Å²) in [5, 5.41) is 5.15. The summed E-state index contributed by atoms with van der Waals surface area (Å²) in [5.41, 5.74) is 20.5. The maximum absolute atomic E-state index is 2.43. The van der Waals surface area contributed by atoms with Crippen molar-refractivity contribution >= 4 is 76.4 Å². The summed E-state index contributed by atoms with van der Waals surface area (Å²) in [6, 6.07) is 115. The Morgan fingerprint density at radius 1 is 0.215 bits per heavy atom. The van der Waals surface area contributed by atoms with Crippen LogP contribution in [0.3, 0.4) is 0 Å². The van der Waals surface area contributed by atoms with Gasteiger partial charge in [0.2, 0.25) is 0 Å². The molecule has 0 fully saturated rings. The summed E-state index contributed by atoms with van der Waals surface area (Å²) in [6.07, 6.45) is 0. The average molecular weight is 1030 g/mol. The molecule has 0 amide bonds. The third-order valence-electron chi connectivity index (χ3n) is 15.2. The fourth-order valence-corrected chi connectivity index (χ4v) is 12.8. The van der Waals surface area contributed by atoms with E-state index in [2.05, 4.69) is 325 Å². The highest BCUT2D eigenvalue weighted by molar-refractivity contribution is 7.26. The Morgan fingerprint density at radius 2 is 0.595 bits per heavy atom. The molecule has 0 aliphatic carbocycles. The molecule has 0 saturated heterocycles. The summed E-state index contributed by atoms with van der Waals surface area (Å²) in [6.45, 7) is 0. The van der Waals surface area contributed by atoms with Crippen LogP contribution in [0.2, 0.25) is 0 Å². The minimum Gasteiger partial charge on any atom is -0.310 e. The smallest absolute Gasteiger partial charge is 0.0540 e. The average Bonchev–Trinajstić information content (AvgIpc) is 4.14. The van der Waals surface area contributed by atoms with Crippen LogP contribution in [0.15, 0.2) is 315 Å². The molecule has 0 N–H and O–H groups in total. The predicted molar refractivity (Wildman–Crippen MR) is 339 cm³/mol. The first-order valence-electron chi connectivity index (χ1n) is 27.0. The molecule has 372 valence electrons. The van der Waals surface area contributed by atoms with Crippen molar-refractivity contribution in [3.8, 4) is 66.8 Å². The SMILES string of the molecule is c1ccc(-c2ccccc2-c2cccc(N(c3cccc(-c4cccc(N(c5ccc(-c6cccc7c6sc6cc8ccccc8cc67)cc5)c5ccccc5-c5ccccc5)c4)c3)c3ccccc3-c3ccccc3)c2)cc1. The van der Waals surface area contributed by atoms with Gasteiger partial charge in [0.15, 0.2) is 0 Å². The second-order valence-corrected chi connectivity index (χ2v) is 21.1. The van der Waals surface area contributed by atoms with Crippen LogP contribution in [0.1, 0.15) is 0 Å². The van der Waals surface area contributed by atoms with E-state index in [4.69, 9.17) is 0 Å². The van der Waals surface area contributed by atoms with E-state index in [1.807, 2.05) is 11.3 Å². The minimum absolute atomic E-state index is 1.06. The highest BCUT2D eigenvalue weighted by atomic mass is 32.1. The fourth-order valence-electron chi connectivity index (χ4n) is 11.5. The summed E-state index contributed by atoms with van der Waals surface area (Å²) >= 11 is 1.89. The van der Waals surface area contributed by atoms with E-state index in [1.54, 1.807) is 0 Å². The molecular weight excluding hydrogens is 973 g/mol. The molecule has 2 nitrogen and oxygen atoms in total. The third-order valence-corrected chi connectivity index (χ3v) is 16.4. The molecule has 1 heterocycles. The summed E-state index contributed by atoms with van der Waals surface area (Å²) in [7, 11) is 0. The summed E-state index contributed by atoms with van der Waals surface area (Å²) in [5.74, 6) is 0. The van der Waals surface area contributed by atoms with Crippen LogP contribution >= 0.6 is 11.3 Å². The maximum atomic E-state index is 2.43. The van der Waals surface area contributed by atoms with Crippen molar-refractivity contribution < 1.29 is 0 Å². The Kier molecular flexibility index (Phi) is 12.5. The standard InChI is InChI=1S/C76H52N2S/c1-4-22-53(23-5-1)66-36-12-13-37-67(66)61-32-20-35-65(50-61)78(74-43-17-15-39-69(74)55-26-8-3-9-27-55)64-34-19-31-58(49-64)57-30-18-33-63(48-57)77(73-42-16-14-38-68(73)54-24-6-2-7-25-54)62-46-44-56(45-47-62)70-40-21-41-71-72-51-59-28-10-11-29-60(59)52-75(72)79-76(70)71/h1-52H. The lowest BCUT2D eigenvalue weighted by molar-refractivity contribution is 1.28. The second-order valence-electron chi connectivity index (χ2n) is 20.0. The number of benzene rings is 13. The van der Waals surface area contributed by atoms with Gasteiger partial charge in [0.05, 0.1) is 11.4 Å². The van der Waals surface area contributed by atoms with Crippen molar-refractivity contribution in [3.05, 3.63) is 315 Å². The molecule has 79 heavy (non-hydrogen) atoms. The lowest BCUT2D eigenvalue weighted by Gasteiger charge is -2.29. The van der Waals surface area contributed by atoms with Crippen LogP contribution in [0.4, 0.5) is 34.1 Å². The van der Waals surface area contributed by atoms with Crippen LogP contribution in [0.5, 0.6) is 0 Å². The molecule has 0 aliphatic heterocycles. The number of hydrogen-bond donors (Lipinski definition) is 0. The lowest BCUT2D eigenvalue weighted by Crippen LogP contribution is -2.12. The minimum atomic E-state index is 1.06. The number of anilines is 6. The Morgan fingerprint density at radius 3 is 1.15 bits per heavy atom. The van der Waals surface area contributed by atoms with Gasteiger partial charge >= 0.3 is 0 Å². The number of hydrogen-bond acceptors (Lipinski definition) is 3. The number of rotatable bonds is 12. The monoisotopic (exact) mass is 1020 g/mol. The first kappa shape index (κ1) is 47.4. The molecule has 0 aliphatic rings. The molecule has 0 unspecified atom stereocenters. The molecule has 0 spiro atoms. The molecule has 13 aromatic carbocycles. The van der Waals surface area contributed by atoms with E-state index in [9.17, 15) is 0 Å². The van der Waals surface area contributed by atoms with Crippen molar-refractivity contribution in [1.82, 2.24) is 0 Å². The molecule has 0 bridgehead atoms. The van der Waals surface area contributed by atoms with Crippen LogP contribution in [0, 0.1) is 0 Å². The van der Waals surface area contributed by atoms with Gasteiger partial charge in [-0.15, -0.1) is 11.3 Å². The Labute approximate surface area is 465 Å². The van der Waals surface area contributed by atoms with Crippen molar-refractivity contribution in [2.75, 3.05) is 9.80 Å². The molecule has 14 rings (SSSR count). The predicted octanol–water partition coefficient (Wildman–Crippen LogP) is 22.1. The summed E-state index contributed by atoms with van der Waals surface area (Å²) in [4.78, 5) is 4.85. The van der Waals surface area contributed by atoms with Crippen molar-refractivity contribution in [1.29, 1.82) is 0 Å². The van der Waals surface area contributed by atoms with Gasteiger partial charge in [-0.2, -0.15) is 0 Å². The van der Waals surface area contributed by atoms with Gasteiger partial charge in [0.25, 0.3) is 0 Å². The molecule has 0 atom stereocenters. The normalized spacial score (nSPS) is 11.3. The van der Waals surface area contributed by atoms with Gasteiger partial charge in [-0.25, -0.2) is 0 Å². The van der Waals surface area contributed by atoms with Gasteiger partial charge in [-0.3, -0.25) is 0 Å². The largest absolute Gasteiger partial charge is 0.310 e. The molecule has 3 heteroatoms. The fraction of sp³-hybridized carbons (Fsp3) is 0. The van der Waals surface area contributed by atoms with E-state index >= 15 is 0 Å². The second kappa shape index (κ2) is 20.8. The van der Waals surface area contributed by atoms with Gasteiger partial charge in [0, 0.05) is 54.0 Å². The van der Waals surface area contributed by atoms with E-state index in [0.29, 0.717) is 0 Å². The highest BCUT2D eigenvalue weighted by Crippen LogP contribution is 2.47. The highest BCUT2D eigenvalue weighted by Gasteiger charge is 2.22. The van der Waals surface area contributed by atoms with Crippen molar-refractivity contribution in [2.45, 2.75) is 0 Å². The zero-order chi connectivity index (χ0) is 52.5. The first-order chi connectivity index (χ1) is 39.2. The number of para-hydroxylation sites is 2. The van der Waals surface area contributed by atoms with E-state index in [0.717, 1.165) is 73.1 Å². The molecule has 14 aromatic rings. The Hall–Kier alpha value is -10.1. The van der Waals surface area contributed by atoms with Crippen LogP contribution in [-0.4, -0.2) is 0 Å². The van der Waals surface area contributed by atoms with Crippen LogP contribution in [-0.2, 0) is 0 Å². The van der Waals surface area contributed by atoms with E-state index in [1.165, 1.54) is 58.8 Å². The molecular formula is C76H52N2S. The number of thiophene rings is 1. The van der Waals surface area contributed by atoms with Crippen molar-refractivity contribution in [3.63, 3.8) is 0 Å². The quantitative estimate of drug-likeness (QED) is 0.120. The Balaban J connectivity index is 0.886. The molecule has 0 radical (unpaired) electrons. The van der Waals surface area contributed by atoms with Gasteiger partial charge in [-0.1, -0.05) is 243 Å². The first-order valence-corrected chi connectivity index (χ1v) is 27.8. The zero-order valence-electron chi connectivity index (χ0n) is 43.3. The number of fused-ring (bicyclic) bond motifs is 4. The summed E-state index contributed by atoms with van der Waals surface area (Å²) < 4.78 is 2.62. The van der Waals surface area contributed by atoms with Gasteiger partial charge < -0.3 is 9.80 Å². The zero-order valence-corrected chi connectivity index (χ0v) is 44.1. The maximum Gasteiger partial charge on any atom is 0.0540 e. The Bertz CT molecular complexity index is 4490. The van der Waals surface area contributed by atoms with Crippen LogP contribution in [0.25, 0.3) is 97.7 Å². The van der Waals surface area contributed by atoms with E-state index in [-0.39, 0.29) is 0 Å². The van der Waals surface area contributed by atoms with Crippen molar-refractivity contribution in [2.24, 2.45) is 0 Å². The lowest BCUT2D eigenvalue weighted by atomic mass is 9.94. The molecule has 1 aromatic heterocycles. The third kappa shape index (κ3) is 9.12. The van der Waals surface area contributed by atoms with E-state index < -0.39 is 0 Å². The number of nitrogens with zero attached hydrogens (tertiary/aromatic N) is 2. The van der Waals surface area contributed by atoms with Gasteiger partial charge in [-0.05, 0) is 139 Å².